The summed E-state index contributed by atoms with van der Waals surface area (Å²) in [4.78, 5) is 35.6. The number of methoxy groups -OCH3 is 1. The summed E-state index contributed by atoms with van der Waals surface area (Å²) in [5.41, 5.74) is 0.980. The average Bonchev–Trinajstić information content (AvgIpc) is 2.82. The van der Waals surface area contributed by atoms with Crippen LogP contribution in [0.5, 0.6) is 0 Å². The molecule has 2 aliphatic rings. The van der Waals surface area contributed by atoms with Crippen LogP contribution < -0.4 is 5.32 Å². The molecule has 1 saturated heterocycles. The second-order valence-electron chi connectivity index (χ2n) is 7.11. The molecule has 0 unspecified atom stereocenters. The molecule has 1 amide bonds. The van der Waals surface area contributed by atoms with E-state index in [4.69, 9.17) is 9.47 Å². The lowest BCUT2D eigenvalue weighted by atomic mass is 9.90. The number of hydrogen-bond donors (Lipinski definition) is 1. The van der Waals surface area contributed by atoms with Gasteiger partial charge in [-0.2, -0.15) is 0 Å². The van der Waals surface area contributed by atoms with E-state index >= 15 is 0 Å². The van der Waals surface area contributed by atoms with Gasteiger partial charge in [0.2, 0.25) is 5.91 Å². The molecule has 134 valence electrons. The van der Waals surface area contributed by atoms with Crippen LogP contribution in [0.2, 0.25) is 19.6 Å². The Labute approximate surface area is 148 Å². The molecule has 0 bridgehead atoms. The number of carbonyl (C=O) groups is 3. The van der Waals surface area contributed by atoms with E-state index in [1.54, 1.807) is 6.08 Å². The first-order chi connectivity index (χ1) is 11.6. The molecule has 0 radical (unpaired) electrons. The van der Waals surface area contributed by atoms with Crippen molar-refractivity contribution in [2.75, 3.05) is 7.11 Å². The topological polar surface area (TPSA) is 81.7 Å². The van der Waals surface area contributed by atoms with Gasteiger partial charge >= 0.3 is 5.97 Å². The number of nitrogens with one attached hydrogen (secondary N) is 1. The first kappa shape index (κ1) is 18.9. The second-order valence-corrected chi connectivity index (χ2v) is 12.2. The van der Waals surface area contributed by atoms with Crippen LogP contribution in [-0.2, 0) is 23.9 Å². The lowest BCUT2D eigenvalue weighted by Gasteiger charge is -2.27. The second kappa shape index (κ2) is 7.22. The van der Waals surface area contributed by atoms with E-state index in [1.165, 1.54) is 31.4 Å². The maximum absolute atomic E-state index is 12.1. The minimum absolute atomic E-state index is 0.180. The Morgan fingerprint density at radius 2 is 2.08 bits per heavy atom. The lowest BCUT2D eigenvalue weighted by Crippen LogP contribution is -2.38. The fourth-order valence-electron chi connectivity index (χ4n) is 2.58. The maximum Gasteiger partial charge on any atom is 0.330 e. The maximum atomic E-state index is 12.1. The number of esters is 1. The average molecular weight is 361 g/mol. The molecule has 0 aromatic heterocycles. The van der Waals surface area contributed by atoms with Crippen molar-refractivity contribution in [2.45, 2.75) is 37.7 Å². The molecule has 0 saturated carbocycles. The zero-order valence-electron chi connectivity index (χ0n) is 14.9. The van der Waals surface area contributed by atoms with Crippen molar-refractivity contribution in [3.05, 3.63) is 47.9 Å². The summed E-state index contributed by atoms with van der Waals surface area (Å²) in [6.45, 7) is 6.57. The smallest absolute Gasteiger partial charge is 0.330 e. The van der Waals surface area contributed by atoms with Crippen LogP contribution in [0.25, 0.3) is 0 Å². The Bertz CT molecular complexity index is 699. The summed E-state index contributed by atoms with van der Waals surface area (Å²) in [5, 5.41) is 2.63. The van der Waals surface area contributed by atoms with Crippen molar-refractivity contribution in [1.82, 2.24) is 5.32 Å². The quantitative estimate of drug-likeness (QED) is 0.350. The number of hydrogen-bond acceptors (Lipinski definition) is 5. The molecule has 1 spiro atoms. The third-order valence-corrected chi connectivity index (χ3v) is 4.97. The van der Waals surface area contributed by atoms with Gasteiger partial charge in [-0.05, 0) is 12.2 Å². The van der Waals surface area contributed by atoms with E-state index in [1.807, 2.05) is 6.08 Å². The van der Waals surface area contributed by atoms with E-state index in [2.05, 4.69) is 30.7 Å². The number of amides is 1. The van der Waals surface area contributed by atoms with Crippen LogP contribution in [0.3, 0.4) is 0 Å². The molecule has 1 N–H and O–H groups in total. The summed E-state index contributed by atoms with van der Waals surface area (Å²) >= 11 is 0. The van der Waals surface area contributed by atoms with Crippen molar-refractivity contribution in [3.8, 4) is 0 Å². The van der Waals surface area contributed by atoms with E-state index in [-0.39, 0.29) is 23.9 Å². The minimum Gasteiger partial charge on any atom is -0.496 e. The molecule has 1 aliphatic heterocycles. The Hall–Kier alpha value is -2.41. The first-order valence-corrected chi connectivity index (χ1v) is 11.6. The molecule has 7 heteroatoms. The summed E-state index contributed by atoms with van der Waals surface area (Å²) in [5.74, 6) is -0.902. The number of rotatable bonds is 5. The molecular weight excluding hydrogens is 338 g/mol. The van der Waals surface area contributed by atoms with Crippen LogP contribution >= 0.6 is 0 Å². The summed E-state index contributed by atoms with van der Waals surface area (Å²) in [6, 6.07) is -0.797. The predicted molar refractivity (Wildman–Crippen MR) is 96.2 cm³/mol. The Morgan fingerprint density at radius 3 is 2.72 bits per heavy atom. The highest BCUT2D eigenvalue weighted by molar-refractivity contribution is 6.81. The highest BCUT2D eigenvalue weighted by atomic mass is 28.3. The van der Waals surface area contributed by atoms with Gasteiger partial charge in [0.15, 0.2) is 11.4 Å². The van der Waals surface area contributed by atoms with Gasteiger partial charge in [-0.3, -0.25) is 9.59 Å². The molecule has 0 aromatic carbocycles. The third kappa shape index (κ3) is 4.79. The molecule has 2 atom stereocenters. The van der Waals surface area contributed by atoms with Crippen molar-refractivity contribution in [2.24, 2.45) is 0 Å². The molecule has 0 aromatic rings. The number of allylic oxidation sites excluding steroid dienone is 4. The van der Waals surface area contributed by atoms with Crippen LogP contribution in [0, 0.1) is 0 Å². The van der Waals surface area contributed by atoms with Gasteiger partial charge in [-0.25, -0.2) is 4.79 Å². The standard InChI is InChI=1S/C18H23NO5Si/c1-23-15-11-13(20)8-9-18(15)12-14(17(22)24-18)19-16(21)7-5-6-10-25(2,3)4/h5-11,14H,12H2,1-4H3,(H,19,21)/b7-5+,10-6+/t14-,18+/m0/s1. The van der Waals surface area contributed by atoms with E-state index in [9.17, 15) is 14.4 Å². The summed E-state index contributed by atoms with van der Waals surface area (Å²) < 4.78 is 10.6. The zero-order valence-corrected chi connectivity index (χ0v) is 15.9. The third-order valence-electron chi connectivity index (χ3n) is 3.77. The summed E-state index contributed by atoms with van der Waals surface area (Å²) in [6.07, 6.45) is 9.19. The predicted octanol–water partition coefficient (Wildman–Crippen LogP) is 1.82. The van der Waals surface area contributed by atoms with E-state index in [0.29, 0.717) is 0 Å². The van der Waals surface area contributed by atoms with Crippen molar-refractivity contribution >= 4 is 25.7 Å². The molecule has 1 aliphatic carbocycles. The summed E-state index contributed by atoms with van der Waals surface area (Å²) in [7, 11) is 0.0969. The fraction of sp³-hybridized carbons (Fsp3) is 0.389. The monoisotopic (exact) mass is 361 g/mol. The van der Waals surface area contributed by atoms with Crippen molar-refractivity contribution in [3.63, 3.8) is 0 Å². The highest BCUT2D eigenvalue weighted by Crippen LogP contribution is 2.37. The van der Waals surface area contributed by atoms with Crippen LogP contribution in [0.15, 0.2) is 47.9 Å². The SMILES string of the molecule is COC1=CC(=O)C=C[C@@]12C[C@H](NC(=O)/C=C/C=C/[Si](C)(C)C)C(=O)O2. The largest absolute Gasteiger partial charge is 0.496 e. The Morgan fingerprint density at radius 1 is 1.36 bits per heavy atom. The fourth-order valence-corrected chi connectivity index (χ4v) is 3.27. The van der Waals surface area contributed by atoms with Crippen LogP contribution in [0.1, 0.15) is 6.42 Å². The van der Waals surface area contributed by atoms with Crippen LogP contribution in [0.4, 0.5) is 0 Å². The van der Waals surface area contributed by atoms with E-state index in [0.717, 1.165) is 0 Å². The molecular formula is C18H23NO5Si. The first-order valence-electron chi connectivity index (χ1n) is 8.04. The number of ether oxygens (including phenoxy) is 2. The normalized spacial score (nSPS) is 26.4. The Kier molecular flexibility index (Phi) is 5.47. The van der Waals surface area contributed by atoms with E-state index < -0.39 is 25.7 Å². The van der Waals surface area contributed by atoms with Gasteiger partial charge in [0, 0.05) is 18.6 Å². The molecule has 1 heterocycles. The highest BCUT2D eigenvalue weighted by Gasteiger charge is 2.50. The molecule has 25 heavy (non-hydrogen) atoms. The van der Waals surface area contributed by atoms with Gasteiger partial charge < -0.3 is 14.8 Å². The molecule has 6 nitrogen and oxygen atoms in total. The van der Waals surface area contributed by atoms with Crippen molar-refractivity contribution < 1.29 is 23.9 Å². The molecule has 2 rings (SSSR count). The van der Waals surface area contributed by atoms with Gasteiger partial charge in [-0.15, -0.1) is 0 Å². The van der Waals surface area contributed by atoms with Crippen molar-refractivity contribution in [1.29, 1.82) is 0 Å². The number of carbonyl (C=O) groups excluding carboxylic acids is 3. The zero-order chi connectivity index (χ0) is 18.7. The van der Waals surface area contributed by atoms with Gasteiger partial charge in [0.1, 0.15) is 11.8 Å². The minimum atomic E-state index is -1.31. The molecule has 1 fully saturated rings. The lowest BCUT2D eigenvalue weighted by molar-refractivity contribution is -0.147. The Balaban J connectivity index is 2.02. The van der Waals surface area contributed by atoms with Crippen LogP contribution in [-0.4, -0.2) is 44.5 Å². The van der Waals surface area contributed by atoms with Gasteiger partial charge in [-0.1, -0.05) is 37.5 Å². The van der Waals surface area contributed by atoms with Gasteiger partial charge in [0.25, 0.3) is 0 Å². The number of ketones is 1. The van der Waals surface area contributed by atoms with Gasteiger partial charge in [0.05, 0.1) is 15.2 Å².